The van der Waals surface area contributed by atoms with Crippen molar-refractivity contribution in [3.8, 4) is 0 Å². The maximum absolute atomic E-state index is 12.7. The van der Waals surface area contributed by atoms with Crippen molar-refractivity contribution in [3.63, 3.8) is 0 Å². The zero-order chi connectivity index (χ0) is 14.9. The Bertz CT molecular complexity index is 732. The number of hydrogen-bond donors (Lipinski definition) is 1. The van der Waals surface area contributed by atoms with E-state index >= 15 is 0 Å². The van der Waals surface area contributed by atoms with Crippen molar-refractivity contribution >= 4 is 15.7 Å². The Morgan fingerprint density at radius 1 is 1.00 bits per heavy atom. The molecule has 2 aromatic rings. The molecule has 2 heterocycles. The number of nitrogen functional groups attached to an aromatic ring is 1. The number of anilines is 1. The molecule has 1 aliphatic heterocycles. The zero-order valence-corrected chi connectivity index (χ0v) is 12.4. The second-order valence-corrected chi connectivity index (χ2v) is 6.92. The summed E-state index contributed by atoms with van der Waals surface area (Å²) in [5, 5.41) is -0.0454. The van der Waals surface area contributed by atoms with Crippen LogP contribution in [0.1, 0.15) is 11.1 Å². The predicted octanol–water partition coefficient (Wildman–Crippen LogP) is 1.45. The van der Waals surface area contributed by atoms with E-state index < -0.39 is 10.0 Å². The fraction of sp³-hybridized carbons (Fsp3) is 0.267. The van der Waals surface area contributed by atoms with Crippen LogP contribution in [0, 0.1) is 0 Å². The summed E-state index contributed by atoms with van der Waals surface area (Å²) in [6, 6.07) is 11.3. The van der Waals surface area contributed by atoms with Gasteiger partial charge in [0.1, 0.15) is 0 Å². The molecule has 0 bridgehead atoms. The van der Waals surface area contributed by atoms with Crippen molar-refractivity contribution in [2.75, 3.05) is 18.8 Å². The van der Waals surface area contributed by atoms with Gasteiger partial charge in [0.2, 0.25) is 0 Å². The maximum atomic E-state index is 12.7. The molecular weight excluding hydrogens is 286 g/mol. The van der Waals surface area contributed by atoms with E-state index in [4.69, 9.17) is 5.73 Å². The van der Waals surface area contributed by atoms with Gasteiger partial charge in [-0.2, -0.15) is 4.31 Å². The number of sulfonamides is 1. The van der Waals surface area contributed by atoms with E-state index in [1.807, 2.05) is 12.1 Å². The quantitative estimate of drug-likeness (QED) is 0.911. The van der Waals surface area contributed by atoms with Crippen LogP contribution < -0.4 is 5.73 Å². The Balaban J connectivity index is 1.91. The highest BCUT2D eigenvalue weighted by Gasteiger charge is 2.29. The molecule has 110 valence electrons. The molecule has 0 saturated heterocycles. The summed E-state index contributed by atoms with van der Waals surface area (Å²) >= 11 is 0. The van der Waals surface area contributed by atoms with Gasteiger partial charge < -0.3 is 5.73 Å². The molecule has 0 radical (unpaired) electrons. The summed E-state index contributed by atoms with van der Waals surface area (Å²) in [6.07, 6.45) is 2.88. The molecule has 1 aliphatic rings. The third-order valence-electron chi connectivity index (χ3n) is 3.76. The molecule has 0 atom stereocenters. The summed E-state index contributed by atoms with van der Waals surface area (Å²) in [5.74, 6) is 0. The Morgan fingerprint density at radius 2 is 1.62 bits per heavy atom. The van der Waals surface area contributed by atoms with Gasteiger partial charge in [0.05, 0.1) is 5.69 Å². The van der Waals surface area contributed by atoms with E-state index in [2.05, 4.69) is 17.1 Å². The standard InChI is InChI=1S/C15H17N3O2S/c16-14-6-3-9-17-15(14)21(19,20)18-10-7-12-4-1-2-5-13(12)8-11-18/h1-6,9H,7-8,10-11,16H2. The molecule has 2 N–H and O–H groups in total. The van der Waals surface area contributed by atoms with Gasteiger partial charge >= 0.3 is 0 Å². The fourth-order valence-corrected chi connectivity index (χ4v) is 4.10. The van der Waals surface area contributed by atoms with E-state index in [1.165, 1.54) is 21.6 Å². The number of aromatic nitrogens is 1. The molecule has 0 unspecified atom stereocenters. The van der Waals surface area contributed by atoms with Crippen molar-refractivity contribution in [2.45, 2.75) is 17.9 Å². The Morgan fingerprint density at radius 3 is 2.19 bits per heavy atom. The van der Waals surface area contributed by atoms with Crippen molar-refractivity contribution in [1.82, 2.24) is 9.29 Å². The predicted molar refractivity (Wildman–Crippen MR) is 81.3 cm³/mol. The fourth-order valence-electron chi connectivity index (χ4n) is 2.63. The van der Waals surface area contributed by atoms with Crippen molar-refractivity contribution in [3.05, 3.63) is 53.7 Å². The van der Waals surface area contributed by atoms with Crippen LogP contribution in [0.3, 0.4) is 0 Å². The first-order valence-electron chi connectivity index (χ1n) is 6.86. The molecule has 0 saturated carbocycles. The van der Waals surface area contributed by atoms with Crippen LogP contribution in [0.4, 0.5) is 5.69 Å². The topological polar surface area (TPSA) is 76.3 Å². The number of nitrogens with two attached hydrogens (primary N) is 1. The molecule has 0 spiro atoms. The van der Waals surface area contributed by atoms with Crippen LogP contribution >= 0.6 is 0 Å². The molecule has 0 fully saturated rings. The minimum Gasteiger partial charge on any atom is -0.396 e. The minimum atomic E-state index is -3.64. The molecule has 1 aromatic heterocycles. The monoisotopic (exact) mass is 303 g/mol. The number of nitrogens with zero attached hydrogens (tertiary/aromatic N) is 2. The van der Waals surface area contributed by atoms with E-state index in [9.17, 15) is 8.42 Å². The van der Waals surface area contributed by atoms with Crippen molar-refractivity contribution < 1.29 is 8.42 Å². The van der Waals surface area contributed by atoms with Gasteiger partial charge in [-0.15, -0.1) is 0 Å². The second kappa shape index (κ2) is 5.46. The van der Waals surface area contributed by atoms with Crippen LogP contribution in [-0.4, -0.2) is 30.8 Å². The molecule has 21 heavy (non-hydrogen) atoms. The summed E-state index contributed by atoms with van der Waals surface area (Å²) in [6.45, 7) is 0.907. The van der Waals surface area contributed by atoms with Gasteiger partial charge in [-0.05, 0) is 36.1 Å². The smallest absolute Gasteiger partial charge is 0.262 e. The highest BCUT2D eigenvalue weighted by molar-refractivity contribution is 7.89. The third-order valence-corrected chi connectivity index (χ3v) is 5.64. The molecular formula is C15H17N3O2S. The van der Waals surface area contributed by atoms with Gasteiger partial charge in [0.25, 0.3) is 10.0 Å². The third kappa shape index (κ3) is 2.64. The van der Waals surface area contributed by atoms with Crippen molar-refractivity contribution in [2.24, 2.45) is 0 Å². The van der Waals surface area contributed by atoms with Gasteiger partial charge in [-0.25, -0.2) is 13.4 Å². The largest absolute Gasteiger partial charge is 0.396 e. The van der Waals surface area contributed by atoms with Gasteiger partial charge in [0.15, 0.2) is 5.03 Å². The molecule has 5 nitrogen and oxygen atoms in total. The number of rotatable bonds is 2. The highest BCUT2D eigenvalue weighted by Crippen LogP contribution is 2.23. The number of pyridine rings is 1. The maximum Gasteiger partial charge on any atom is 0.262 e. The van der Waals surface area contributed by atoms with E-state index in [-0.39, 0.29) is 10.7 Å². The first-order chi connectivity index (χ1) is 10.1. The lowest BCUT2D eigenvalue weighted by Gasteiger charge is -2.19. The molecule has 0 amide bonds. The minimum absolute atomic E-state index is 0.0454. The van der Waals surface area contributed by atoms with Crippen LogP contribution in [-0.2, 0) is 22.9 Å². The first kappa shape index (κ1) is 14.0. The normalized spacial score (nSPS) is 16.2. The van der Waals surface area contributed by atoms with Gasteiger partial charge in [0, 0.05) is 19.3 Å². The SMILES string of the molecule is Nc1cccnc1S(=O)(=O)N1CCc2ccccc2CC1. The average molecular weight is 303 g/mol. The van der Waals surface area contributed by atoms with Crippen molar-refractivity contribution in [1.29, 1.82) is 0 Å². The lowest BCUT2D eigenvalue weighted by Crippen LogP contribution is -2.34. The van der Waals surface area contributed by atoms with E-state index in [1.54, 1.807) is 12.1 Å². The lowest BCUT2D eigenvalue weighted by molar-refractivity contribution is 0.425. The molecule has 3 rings (SSSR count). The summed E-state index contributed by atoms with van der Waals surface area (Å²) in [4.78, 5) is 3.95. The number of hydrogen-bond acceptors (Lipinski definition) is 4. The Labute approximate surface area is 124 Å². The van der Waals surface area contributed by atoms with Crippen LogP contribution in [0.5, 0.6) is 0 Å². The van der Waals surface area contributed by atoms with E-state index in [0.717, 1.165) is 0 Å². The molecule has 0 aliphatic carbocycles. The van der Waals surface area contributed by atoms with Gasteiger partial charge in [-0.1, -0.05) is 24.3 Å². The van der Waals surface area contributed by atoms with E-state index in [0.29, 0.717) is 25.9 Å². The summed E-state index contributed by atoms with van der Waals surface area (Å²) in [5.41, 5.74) is 8.39. The summed E-state index contributed by atoms with van der Waals surface area (Å²) < 4.78 is 26.9. The van der Waals surface area contributed by atoms with Crippen LogP contribution in [0.2, 0.25) is 0 Å². The molecule has 6 heteroatoms. The molecule has 1 aromatic carbocycles. The second-order valence-electron chi connectivity index (χ2n) is 5.07. The zero-order valence-electron chi connectivity index (χ0n) is 11.6. The Kier molecular flexibility index (Phi) is 3.65. The number of benzene rings is 1. The average Bonchev–Trinajstić information content (AvgIpc) is 2.70. The summed E-state index contributed by atoms with van der Waals surface area (Å²) in [7, 11) is -3.64. The number of fused-ring (bicyclic) bond motifs is 1. The first-order valence-corrected chi connectivity index (χ1v) is 8.30. The van der Waals surface area contributed by atoms with Gasteiger partial charge in [-0.3, -0.25) is 0 Å². The lowest BCUT2D eigenvalue weighted by atomic mass is 10.0. The Hall–Kier alpha value is -1.92. The van der Waals surface area contributed by atoms with Crippen LogP contribution in [0.25, 0.3) is 0 Å². The van der Waals surface area contributed by atoms with Crippen LogP contribution in [0.15, 0.2) is 47.6 Å². The highest BCUT2D eigenvalue weighted by atomic mass is 32.2.